The van der Waals surface area contributed by atoms with Crippen LogP contribution in [0.5, 0.6) is 0 Å². The highest BCUT2D eigenvalue weighted by molar-refractivity contribution is 14.0. The Morgan fingerprint density at radius 1 is 1.41 bits per heavy atom. The summed E-state index contributed by atoms with van der Waals surface area (Å²) in [5.74, 6) is 0.987. The van der Waals surface area contributed by atoms with Gasteiger partial charge >= 0.3 is 0 Å². The fourth-order valence-electron chi connectivity index (χ4n) is 3.47. The summed E-state index contributed by atoms with van der Waals surface area (Å²) in [5, 5.41) is 12.4. The Hall–Kier alpha value is -1.29. The van der Waals surface area contributed by atoms with Gasteiger partial charge in [0.2, 0.25) is 0 Å². The molecule has 1 aromatic carbocycles. The fourth-order valence-corrected chi connectivity index (χ4v) is 3.47. The molecule has 2 fully saturated rings. The Kier molecular flexibility index (Phi) is 5.68. The zero-order valence-corrected chi connectivity index (χ0v) is 15.3. The highest BCUT2D eigenvalue weighted by atomic mass is 127. The number of nitrogens with zero attached hydrogens (tertiary/aromatic N) is 3. The summed E-state index contributed by atoms with van der Waals surface area (Å²) >= 11 is 0. The fraction of sp³-hybridized carbons (Fsp3) is 0.529. The van der Waals surface area contributed by atoms with Gasteiger partial charge in [-0.3, -0.25) is 4.99 Å². The van der Waals surface area contributed by atoms with E-state index in [4.69, 9.17) is 5.26 Å². The van der Waals surface area contributed by atoms with Crippen LogP contribution in [0.3, 0.4) is 0 Å². The summed E-state index contributed by atoms with van der Waals surface area (Å²) < 4.78 is 0. The Morgan fingerprint density at radius 3 is 2.82 bits per heavy atom. The van der Waals surface area contributed by atoms with Crippen LogP contribution in [0, 0.1) is 16.7 Å². The number of benzene rings is 1. The van der Waals surface area contributed by atoms with Crippen molar-refractivity contribution in [3.8, 4) is 6.07 Å². The number of hydrogen-bond donors (Lipinski definition) is 1. The van der Waals surface area contributed by atoms with Gasteiger partial charge in [-0.1, -0.05) is 18.6 Å². The Bertz CT molecular complexity index is 587. The first-order chi connectivity index (χ1) is 10.2. The highest BCUT2D eigenvalue weighted by Gasteiger charge is 2.43. The molecule has 0 unspecified atom stereocenters. The number of nitriles is 1. The van der Waals surface area contributed by atoms with Gasteiger partial charge in [0.25, 0.3) is 0 Å². The molecule has 0 aromatic heterocycles. The summed E-state index contributed by atoms with van der Waals surface area (Å²) in [6.07, 6.45) is 5.45. The van der Waals surface area contributed by atoms with Gasteiger partial charge in [-0.2, -0.15) is 5.26 Å². The predicted octanol–water partition coefficient (Wildman–Crippen LogP) is 3.13. The quantitative estimate of drug-likeness (QED) is 0.463. The smallest absolute Gasteiger partial charge is 0.193 e. The average molecular weight is 410 g/mol. The number of likely N-dealkylation sites (tertiary alicyclic amines) is 1. The van der Waals surface area contributed by atoms with Gasteiger partial charge in [-0.15, -0.1) is 24.0 Å². The second kappa shape index (κ2) is 7.32. The maximum absolute atomic E-state index is 8.95. The maximum Gasteiger partial charge on any atom is 0.193 e. The lowest BCUT2D eigenvalue weighted by molar-refractivity contribution is 0.151. The number of halogens is 1. The maximum atomic E-state index is 8.95. The third-order valence-electron chi connectivity index (χ3n) is 4.87. The van der Waals surface area contributed by atoms with Crippen LogP contribution in [-0.2, 0) is 6.54 Å². The summed E-state index contributed by atoms with van der Waals surface area (Å²) in [6.45, 7) is 2.97. The van der Waals surface area contributed by atoms with Gasteiger partial charge in [0.05, 0.1) is 11.6 Å². The minimum Gasteiger partial charge on any atom is -0.352 e. The molecule has 5 heteroatoms. The molecule has 0 amide bonds. The Labute approximate surface area is 149 Å². The topological polar surface area (TPSA) is 51.4 Å². The molecule has 1 saturated heterocycles. The van der Waals surface area contributed by atoms with E-state index >= 15 is 0 Å². The van der Waals surface area contributed by atoms with Crippen molar-refractivity contribution in [2.75, 3.05) is 20.1 Å². The standard InChI is InChI=1S/C17H22N4.HI/c1-19-16(21-9-8-17(13-21)6-3-7-17)20-12-15-5-2-4-14(10-15)11-18;/h2,4-5,10H,3,6-9,12-13H2,1H3,(H,19,20);1H. The number of hydrogen-bond acceptors (Lipinski definition) is 2. The van der Waals surface area contributed by atoms with Crippen LogP contribution in [0.4, 0.5) is 0 Å². The van der Waals surface area contributed by atoms with Crippen LogP contribution in [0.25, 0.3) is 0 Å². The Morgan fingerprint density at radius 2 is 2.23 bits per heavy atom. The number of nitrogens with one attached hydrogen (secondary N) is 1. The van der Waals surface area contributed by atoms with E-state index < -0.39 is 0 Å². The molecule has 0 atom stereocenters. The van der Waals surface area contributed by atoms with Gasteiger partial charge in [0.15, 0.2) is 5.96 Å². The Balaban J connectivity index is 0.00000176. The molecule has 2 aliphatic rings. The van der Waals surface area contributed by atoms with E-state index in [9.17, 15) is 0 Å². The van der Waals surface area contributed by atoms with Crippen molar-refractivity contribution in [2.45, 2.75) is 32.2 Å². The summed E-state index contributed by atoms with van der Waals surface area (Å²) in [6, 6.07) is 9.91. The summed E-state index contributed by atoms with van der Waals surface area (Å²) in [4.78, 5) is 6.80. The molecule has 1 saturated carbocycles. The van der Waals surface area contributed by atoms with Gasteiger partial charge in [0, 0.05) is 26.7 Å². The second-order valence-corrected chi connectivity index (χ2v) is 6.24. The van der Waals surface area contributed by atoms with Crippen molar-refractivity contribution in [2.24, 2.45) is 10.4 Å². The van der Waals surface area contributed by atoms with Crippen LogP contribution < -0.4 is 5.32 Å². The SMILES string of the molecule is CN=C(NCc1cccc(C#N)c1)N1CCC2(CCC2)C1.I. The first-order valence-electron chi connectivity index (χ1n) is 7.69. The van der Waals surface area contributed by atoms with Gasteiger partial charge < -0.3 is 10.2 Å². The van der Waals surface area contributed by atoms with E-state index in [-0.39, 0.29) is 24.0 Å². The van der Waals surface area contributed by atoms with Crippen molar-refractivity contribution < 1.29 is 0 Å². The zero-order chi connectivity index (χ0) is 14.7. The summed E-state index contributed by atoms with van der Waals surface area (Å²) in [7, 11) is 1.85. The molecule has 1 aliphatic heterocycles. The van der Waals surface area contributed by atoms with Crippen molar-refractivity contribution in [1.29, 1.82) is 5.26 Å². The van der Waals surface area contributed by atoms with E-state index in [0.29, 0.717) is 17.5 Å². The normalized spacial score (nSPS) is 19.3. The highest BCUT2D eigenvalue weighted by Crippen LogP contribution is 2.47. The number of rotatable bonds is 2. The lowest BCUT2D eigenvalue weighted by Gasteiger charge is -2.38. The van der Waals surface area contributed by atoms with Crippen LogP contribution in [0.2, 0.25) is 0 Å². The van der Waals surface area contributed by atoms with Crippen LogP contribution >= 0.6 is 24.0 Å². The molecule has 22 heavy (non-hydrogen) atoms. The molecule has 4 nitrogen and oxygen atoms in total. The van der Waals surface area contributed by atoms with Crippen molar-refractivity contribution in [1.82, 2.24) is 10.2 Å². The minimum atomic E-state index is 0. The molecule has 1 spiro atoms. The van der Waals surface area contributed by atoms with E-state index in [0.717, 1.165) is 24.6 Å². The zero-order valence-electron chi connectivity index (χ0n) is 13.0. The number of aliphatic imine (C=N–C) groups is 1. The van der Waals surface area contributed by atoms with E-state index in [1.807, 2.05) is 31.3 Å². The van der Waals surface area contributed by atoms with Gasteiger partial charge in [0.1, 0.15) is 0 Å². The van der Waals surface area contributed by atoms with E-state index in [1.165, 1.54) is 25.7 Å². The van der Waals surface area contributed by atoms with Crippen molar-refractivity contribution in [3.63, 3.8) is 0 Å². The first-order valence-corrected chi connectivity index (χ1v) is 7.69. The minimum absolute atomic E-state index is 0. The van der Waals surface area contributed by atoms with Crippen LogP contribution in [0.1, 0.15) is 36.8 Å². The molecular formula is C17H23IN4. The molecule has 1 aliphatic carbocycles. The molecule has 0 bridgehead atoms. The molecular weight excluding hydrogens is 387 g/mol. The molecule has 1 N–H and O–H groups in total. The molecule has 0 radical (unpaired) electrons. The number of guanidine groups is 1. The molecule has 1 heterocycles. The summed E-state index contributed by atoms with van der Waals surface area (Å²) in [5.41, 5.74) is 2.41. The third kappa shape index (κ3) is 3.54. The molecule has 1 aromatic rings. The lowest BCUT2D eigenvalue weighted by Crippen LogP contribution is -2.42. The van der Waals surface area contributed by atoms with Crippen LogP contribution in [0.15, 0.2) is 29.3 Å². The van der Waals surface area contributed by atoms with Gasteiger partial charge in [-0.25, -0.2) is 0 Å². The van der Waals surface area contributed by atoms with Crippen molar-refractivity contribution in [3.05, 3.63) is 35.4 Å². The second-order valence-electron chi connectivity index (χ2n) is 6.24. The first kappa shape index (κ1) is 17.1. The molecule has 118 valence electrons. The van der Waals surface area contributed by atoms with Gasteiger partial charge in [-0.05, 0) is 42.4 Å². The van der Waals surface area contributed by atoms with E-state index in [1.54, 1.807) is 0 Å². The largest absolute Gasteiger partial charge is 0.352 e. The predicted molar refractivity (Wildman–Crippen MR) is 99.2 cm³/mol. The van der Waals surface area contributed by atoms with E-state index in [2.05, 4.69) is 21.3 Å². The molecule has 3 rings (SSSR count). The van der Waals surface area contributed by atoms with Crippen molar-refractivity contribution >= 4 is 29.9 Å². The monoisotopic (exact) mass is 410 g/mol. The lowest BCUT2D eigenvalue weighted by atomic mass is 9.68. The average Bonchev–Trinajstić information content (AvgIpc) is 2.94. The van der Waals surface area contributed by atoms with Crippen LogP contribution in [-0.4, -0.2) is 31.0 Å². The third-order valence-corrected chi connectivity index (χ3v) is 4.87.